The van der Waals surface area contributed by atoms with Gasteiger partial charge < -0.3 is 15.0 Å². The molecule has 2 atom stereocenters. The fourth-order valence-corrected chi connectivity index (χ4v) is 5.15. The number of pyridine rings is 1. The van der Waals surface area contributed by atoms with Crippen LogP contribution >= 0.6 is 0 Å². The van der Waals surface area contributed by atoms with Gasteiger partial charge in [-0.3, -0.25) is 9.78 Å². The molecule has 4 rings (SSSR count). The van der Waals surface area contributed by atoms with E-state index < -0.39 is 0 Å². The molecular formula is C27H36FN3O2. The maximum atomic E-state index is 13.2. The second-order valence-electron chi connectivity index (χ2n) is 9.73. The summed E-state index contributed by atoms with van der Waals surface area (Å²) in [7, 11) is 1.45. The average molecular weight is 454 g/mol. The van der Waals surface area contributed by atoms with Gasteiger partial charge in [-0.15, -0.1) is 0 Å². The van der Waals surface area contributed by atoms with Crippen LogP contribution in [0.25, 0.3) is 0 Å². The van der Waals surface area contributed by atoms with E-state index in [0.717, 1.165) is 64.0 Å². The number of nitrogens with one attached hydrogen (secondary N) is 1. The normalized spacial score (nSPS) is 22.1. The van der Waals surface area contributed by atoms with E-state index in [1.165, 1.54) is 31.4 Å². The number of methoxy groups -OCH3 is 1. The summed E-state index contributed by atoms with van der Waals surface area (Å²) in [4.78, 5) is 18.1. The molecule has 1 saturated heterocycles. The van der Waals surface area contributed by atoms with E-state index in [2.05, 4.69) is 45.5 Å². The molecule has 0 radical (unpaired) electrons. The van der Waals surface area contributed by atoms with E-state index in [-0.39, 0.29) is 17.2 Å². The molecule has 6 heteroatoms. The van der Waals surface area contributed by atoms with Crippen molar-refractivity contribution in [3.05, 3.63) is 65.7 Å². The molecule has 2 aliphatic rings. The maximum Gasteiger partial charge on any atom is 0.306 e. The molecular weight excluding hydrogens is 417 g/mol. The highest BCUT2D eigenvalue weighted by atomic mass is 19.1. The van der Waals surface area contributed by atoms with Gasteiger partial charge in [0, 0.05) is 30.7 Å². The van der Waals surface area contributed by atoms with Crippen molar-refractivity contribution < 1.29 is 13.9 Å². The highest BCUT2D eigenvalue weighted by Crippen LogP contribution is 2.42. The van der Waals surface area contributed by atoms with Gasteiger partial charge in [0.05, 0.1) is 19.7 Å². The van der Waals surface area contributed by atoms with Crippen LogP contribution in [0, 0.1) is 11.2 Å². The number of carbonyl (C=O) groups is 1. The lowest BCUT2D eigenvalue weighted by molar-refractivity contribution is -0.141. The molecule has 178 valence electrons. The summed E-state index contributed by atoms with van der Waals surface area (Å²) in [5, 5.41) is 3.89. The predicted octanol–water partition coefficient (Wildman–Crippen LogP) is 4.33. The number of likely N-dealkylation sites (tertiary alicyclic amines) is 1. The minimum absolute atomic E-state index is 0.138. The Morgan fingerprint density at radius 2 is 2.00 bits per heavy atom. The van der Waals surface area contributed by atoms with Crippen molar-refractivity contribution in [2.45, 2.75) is 56.9 Å². The Balaban J connectivity index is 1.31. The van der Waals surface area contributed by atoms with Crippen LogP contribution in [0.3, 0.4) is 0 Å². The van der Waals surface area contributed by atoms with Crippen molar-refractivity contribution >= 4 is 5.97 Å². The Kier molecular flexibility index (Phi) is 8.10. The van der Waals surface area contributed by atoms with Gasteiger partial charge in [0.15, 0.2) is 0 Å². The number of benzene rings is 1. The Labute approximate surface area is 196 Å². The number of aromatic nitrogens is 1. The van der Waals surface area contributed by atoms with Crippen LogP contribution in [0.1, 0.15) is 55.7 Å². The van der Waals surface area contributed by atoms with Crippen molar-refractivity contribution in [1.82, 2.24) is 15.2 Å². The van der Waals surface area contributed by atoms with Gasteiger partial charge in [-0.1, -0.05) is 30.3 Å². The van der Waals surface area contributed by atoms with Crippen molar-refractivity contribution in [1.29, 1.82) is 0 Å². The molecule has 1 unspecified atom stereocenters. The number of nitrogens with zero attached hydrogens (tertiary/aromatic N) is 2. The second-order valence-corrected chi connectivity index (χ2v) is 9.73. The number of hydrogen-bond acceptors (Lipinski definition) is 5. The zero-order valence-electron chi connectivity index (χ0n) is 19.6. The van der Waals surface area contributed by atoms with E-state index in [4.69, 9.17) is 4.74 Å². The number of halogens is 1. The minimum atomic E-state index is -0.281. The van der Waals surface area contributed by atoms with Gasteiger partial charge in [0.2, 0.25) is 0 Å². The van der Waals surface area contributed by atoms with E-state index in [9.17, 15) is 9.18 Å². The van der Waals surface area contributed by atoms with E-state index in [1.54, 1.807) is 6.07 Å². The fourth-order valence-electron chi connectivity index (χ4n) is 5.15. The molecule has 2 fully saturated rings. The molecule has 1 aromatic heterocycles. The van der Waals surface area contributed by atoms with E-state index in [1.807, 2.05) is 0 Å². The van der Waals surface area contributed by atoms with Crippen molar-refractivity contribution in [3.63, 3.8) is 0 Å². The molecule has 1 N–H and O–H groups in total. The smallest absolute Gasteiger partial charge is 0.306 e. The van der Waals surface area contributed by atoms with Crippen LogP contribution in [0.5, 0.6) is 0 Å². The molecule has 1 aliphatic carbocycles. The second kappa shape index (κ2) is 11.2. The van der Waals surface area contributed by atoms with Gasteiger partial charge in [0.25, 0.3) is 0 Å². The fraction of sp³-hybridized carbons (Fsp3) is 0.556. The van der Waals surface area contributed by atoms with Crippen molar-refractivity contribution in [2.24, 2.45) is 5.41 Å². The number of aryl methyl sites for hydroxylation is 1. The molecule has 2 heterocycles. The van der Waals surface area contributed by atoms with E-state index >= 15 is 0 Å². The summed E-state index contributed by atoms with van der Waals surface area (Å²) in [5.41, 5.74) is 2.65. The van der Waals surface area contributed by atoms with Crippen molar-refractivity contribution in [3.8, 4) is 0 Å². The van der Waals surface area contributed by atoms with Gasteiger partial charge in [0.1, 0.15) is 5.82 Å². The SMILES string of the molecule is COC(=O)CCN1CCC(CCCc2ccc(F)cn2)(CN[C@@H]2CC2c2ccccc2)CC1. The molecule has 2 aromatic rings. The highest BCUT2D eigenvalue weighted by Gasteiger charge is 2.41. The van der Waals surface area contributed by atoms with E-state index in [0.29, 0.717) is 18.4 Å². The lowest BCUT2D eigenvalue weighted by atomic mass is 9.74. The number of rotatable bonds is 11. The van der Waals surface area contributed by atoms with Crippen LogP contribution in [0.15, 0.2) is 48.7 Å². The first kappa shape index (κ1) is 23.8. The molecule has 33 heavy (non-hydrogen) atoms. The first-order chi connectivity index (χ1) is 16.1. The van der Waals surface area contributed by atoms with Gasteiger partial charge in [-0.25, -0.2) is 4.39 Å². The third kappa shape index (κ3) is 6.84. The highest BCUT2D eigenvalue weighted by molar-refractivity contribution is 5.69. The van der Waals surface area contributed by atoms with Crippen LogP contribution in [-0.2, 0) is 16.0 Å². The quantitative estimate of drug-likeness (QED) is 0.513. The van der Waals surface area contributed by atoms with Gasteiger partial charge >= 0.3 is 5.97 Å². The third-order valence-electron chi connectivity index (χ3n) is 7.46. The first-order valence-electron chi connectivity index (χ1n) is 12.2. The Morgan fingerprint density at radius 1 is 1.21 bits per heavy atom. The Hall–Kier alpha value is -2.31. The third-order valence-corrected chi connectivity index (χ3v) is 7.46. The molecule has 1 saturated carbocycles. The van der Waals surface area contributed by atoms with Crippen LogP contribution < -0.4 is 5.32 Å². The van der Waals surface area contributed by atoms with Crippen LogP contribution in [0.4, 0.5) is 4.39 Å². The van der Waals surface area contributed by atoms with Gasteiger partial charge in [-0.2, -0.15) is 0 Å². The summed E-state index contributed by atoms with van der Waals surface area (Å²) in [6.45, 7) is 3.83. The number of ether oxygens (including phenoxy) is 1. The molecule has 0 spiro atoms. The molecule has 0 amide bonds. The Morgan fingerprint density at radius 3 is 2.70 bits per heavy atom. The summed E-state index contributed by atoms with van der Waals surface area (Å²) < 4.78 is 18.0. The lowest BCUT2D eigenvalue weighted by Crippen LogP contribution is -2.46. The van der Waals surface area contributed by atoms with Gasteiger partial charge in [-0.05, 0) is 74.7 Å². The monoisotopic (exact) mass is 453 g/mol. The topological polar surface area (TPSA) is 54.5 Å². The number of piperidine rings is 1. The summed E-state index contributed by atoms with van der Waals surface area (Å²) in [6, 6.07) is 14.7. The number of esters is 1. The molecule has 5 nitrogen and oxygen atoms in total. The summed E-state index contributed by atoms with van der Waals surface area (Å²) in [5.74, 6) is 0.212. The largest absolute Gasteiger partial charge is 0.469 e. The van der Waals surface area contributed by atoms with Crippen LogP contribution in [-0.4, -0.2) is 55.2 Å². The Bertz CT molecular complexity index is 882. The standard InChI is InChI=1S/C27H36FN3O2/c1-33-26(32)11-15-31-16-13-27(14-17-31,12-5-8-23-10-9-22(28)19-29-23)20-30-25-18-24(25)21-6-3-2-4-7-21/h2-4,6-7,9-10,19,24-25,30H,5,8,11-18,20H2,1H3/t24?,25-/m1/s1. The zero-order valence-corrected chi connectivity index (χ0v) is 19.6. The minimum Gasteiger partial charge on any atom is -0.469 e. The zero-order chi connectivity index (χ0) is 23.1. The van der Waals surface area contributed by atoms with Crippen molar-refractivity contribution in [2.75, 3.05) is 33.3 Å². The summed E-state index contributed by atoms with van der Waals surface area (Å²) in [6.07, 6.45) is 8.29. The summed E-state index contributed by atoms with van der Waals surface area (Å²) >= 11 is 0. The average Bonchev–Trinajstić information content (AvgIpc) is 3.64. The number of hydrogen-bond donors (Lipinski definition) is 1. The predicted molar refractivity (Wildman–Crippen MR) is 127 cm³/mol. The van der Waals surface area contributed by atoms with Crippen LogP contribution in [0.2, 0.25) is 0 Å². The number of carbonyl (C=O) groups excluding carboxylic acids is 1. The first-order valence-corrected chi connectivity index (χ1v) is 12.2. The molecule has 1 aliphatic heterocycles. The molecule has 1 aromatic carbocycles. The maximum absolute atomic E-state index is 13.2. The molecule has 0 bridgehead atoms. The lowest BCUT2D eigenvalue weighted by Gasteiger charge is -2.42.